The lowest BCUT2D eigenvalue weighted by molar-refractivity contribution is -0.165. The quantitative estimate of drug-likeness (QED) is 0.751. The van der Waals surface area contributed by atoms with Crippen molar-refractivity contribution in [2.24, 2.45) is 5.41 Å². The molecule has 3 aliphatic heterocycles. The molecule has 1 aromatic carbocycles. The number of hydrogen-bond acceptors (Lipinski definition) is 5. The van der Waals surface area contributed by atoms with Crippen LogP contribution in [0.4, 0.5) is 4.79 Å². The zero-order chi connectivity index (χ0) is 22.9. The molecule has 1 spiro atoms. The van der Waals surface area contributed by atoms with Gasteiger partial charge < -0.3 is 29.3 Å². The maximum absolute atomic E-state index is 13.8. The lowest BCUT2D eigenvalue weighted by Gasteiger charge is -2.54. The predicted octanol–water partition coefficient (Wildman–Crippen LogP) is 2.04. The van der Waals surface area contributed by atoms with Crippen molar-refractivity contribution in [2.75, 3.05) is 59.2 Å². The van der Waals surface area contributed by atoms with Crippen molar-refractivity contribution in [3.63, 3.8) is 0 Å². The third-order valence-corrected chi connectivity index (χ3v) is 8.20. The summed E-state index contributed by atoms with van der Waals surface area (Å²) in [4.78, 5) is 31.8. The monoisotopic (exact) mass is 457 g/mol. The van der Waals surface area contributed by atoms with E-state index in [9.17, 15) is 14.7 Å². The zero-order valence-electron chi connectivity index (χ0n) is 19.3. The maximum Gasteiger partial charge on any atom is 0.320 e. The van der Waals surface area contributed by atoms with E-state index in [1.807, 2.05) is 40.1 Å². The van der Waals surface area contributed by atoms with Crippen molar-refractivity contribution in [1.82, 2.24) is 14.7 Å². The highest BCUT2D eigenvalue weighted by molar-refractivity contribution is 5.78. The fourth-order valence-electron chi connectivity index (χ4n) is 6.26. The number of benzene rings is 1. The van der Waals surface area contributed by atoms with Gasteiger partial charge in [0.05, 0.1) is 38.0 Å². The van der Waals surface area contributed by atoms with E-state index in [1.54, 1.807) is 4.90 Å². The number of piperidine rings is 1. The van der Waals surface area contributed by atoms with E-state index in [1.165, 1.54) is 0 Å². The van der Waals surface area contributed by atoms with E-state index in [2.05, 4.69) is 0 Å². The second kappa shape index (κ2) is 9.24. The predicted molar refractivity (Wildman–Crippen MR) is 122 cm³/mol. The number of ether oxygens (including phenoxy) is 2. The Morgan fingerprint density at radius 1 is 1.03 bits per heavy atom. The molecule has 4 fully saturated rings. The third kappa shape index (κ3) is 4.24. The number of carbonyl (C=O) groups is 2. The molecular formula is C25H35N3O5. The van der Waals surface area contributed by atoms with Crippen LogP contribution in [0, 0.1) is 5.41 Å². The van der Waals surface area contributed by atoms with Gasteiger partial charge in [0, 0.05) is 31.6 Å². The molecule has 2 atom stereocenters. The first-order chi connectivity index (χ1) is 16.0. The third-order valence-electron chi connectivity index (χ3n) is 8.20. The van der Waals surface area contributed by atoms with Gasteiger partial charge in [0.25, 0.3) is 0 Å². The van der Waals surface area contributed by atoms with Gasteiger partial charge in [0.2, 0.25) is 5.91 Å². The van der Waals surface area contributed by atoms with Crippen LogP contribution >= 0.6 is 0 Å². The van der Waals surface area contributed by atoms with Crippen molar-refractivity contribution < 1.29 is 24.2 Å². The van der Waals surface area contributed by atoms with E-state index in [4.69, 9.17) is 9.47 Å². The van der Waals surface area contributed by atoms with Gasteiger partial charge in [-0.15, -0.1) is 0 Å². The minimum absolute atomic E-state index is 0.0305. The van der Waals surface area contributed by atoms with Gasteiger partial charge >= 0.3 is 6.03 Å². The number of amides is 3. The van der Waals surface area contributed by atoms with Gasteiger partial charge in [-0.1, -0.05) is 43.2 Å². The number of aliphatic hydroxyl groups is 1. The molecule has 5 rings (SSSR count). The molecule has 8 heteroatoms. The fourth-order valence-corrected chi connectivity index (χ4v) is 6.26. The molecule has 1 N–H and O–H groups in total. The second-order valence-electron chi connectivity index (χ2n) is 10.0. The summed E-state index contributed by atoms with van der Waals surface area (Å²) in [5, 5.41) is 11.9. The summed E-state index contributed by atoms with van der Waals surface area (Å²) in [5.41, 5.74) is -0.258. The van der Waals surface area contributed by atoms with Gasteiger partial charge in [-0.2, -0.15) is 0 Å². The molecule has 4 aliphatic rings. The second-order valence-corrected chi connectivity index (χ2v) is 10.0. The van der Waals surface area contributed by atoms with Crippen molar-refractivity contribution in [1.29, 1.82) is 0 Å². The highest BCUT2D eigenvalue weighted by Crippen LogP contribution is 2.51. The largest absolute Gasteiger partial charge is 0.387 e. The van der Waals surface area contributed by atoms with Crippen LogP contribution in [-0.2, 0) is 14.3 Å². The van der Waals surface area contributed by atoms with Crippen LogP contribution < -0.4 is 0 Å². The number of urea groups is 1. The van der Waals surface area contributed by atoms with Crippen LogP contribution in [0.25, 0.3) is 0 Å². The minimum atomic E-state index is -0.975. The zero-order valence-corrected chi connectivity index (χ0v) is 19.3. The highest BCUT2D eigenvalue weighted by atomic mass is 16.5. The van der Waals surface area contributed by atoms with E-state index in [0.717, 1.165) is 31.2 Å². The molecular weight excluding hydrogens is 422 g/mol. The molecule has 1 aromatic rings. The SMILES string of the molecule is O=C1COCCN1CC1(O)CCN(C(=O)N2CCOCC2c2ccccc2)CC12CCCC2. The molecule has 1 aliphatic carbocycles. The lowest BCUT2D eigenvalue weighted by Crippen LogP contribution is -2.66. The summed E-state index contributed by atoms with van der Waals surface area (Å²) >= 11 is 0. The Morgan fingerprint density at radius 2 is 1.79 bits per heavy atom. The van der Waals surface area contributed by atoms with Crippen molar-refractivity contribution in [3.8, 4) is 0 Å². The molecule has 8 nitrogen and oxygen atoms in total. The van der Waals surface area contributed by atoms with Gasteiger partial charge in [-0.05, 0) is 24.8 Å². The van der Waals surface area contributed by atoms with Crippen LogP contribution in [0.3, 0.4) is 0 Å². The molecule has 0 bridgehead atoms. The Labute approximate surface area is 195 Å². The Bertz CT molecular complexity index is 859. The van der Waals surface area contributed by atoms with Crippen molar-refractivity contribution in [3.05, 3.63) is 35.9 Å². The van der Waals surface area contributed by atoms with Crippen LogP contribution in [0.5, 0.6) is 0 Å². The summed E-state index contributed by atoms with van der Waals surface area (Å²) in [7, 11) is 0. The molecule has 0 radical (unpaired) electrons. The van der Waals surface area contributed by atoms with E-state index in [0.29, 0.717) is 59.0 Å². The highest BCUT2D eigenvalue weighted by Gasteiger charge is 2.56. The Balaban J connectivity index is 1.34. The Morgan fingerprint density at radius 3 is 2.55 bits per heavy atom. The van der Waals surface area contributed by atoms with Crippen LogP contribution in [0.15, 0.2) is 30.3 Å². The van der Waals surface area contributed by atoms with Crippen LogP contribution in [0.2, 0.25) is 0 Å². The first-order valence-electron chi connectivity index (χ1n) is 12.3. The molecule has 0 aromatic heterocycles. The van der Waals surface area contributed by atoms with E-state index in [-0.39, 0.29) is 30.0 Å². The number of carbonyl (C=O) groups excluding carboxylic acids is 2. The number of β-amino-alcohol motifs (C(OH)–C–C–N with tert-alkyl or cyclic N) is 1. The van der Waals surface area contributed by atoms with E-state index < -0.39 is 5.60 Å². The molecule has 2 unspecified atom stereocenters. The fraction of sp³-hybridized carbons (Fsp3) is 0.680. The molecule has 1 saturated carbocycles. The molecule has 33 heavy (non-hydrogen) atoms. The number of hydrogen-bond donors (Lipinski definition) is 1. The van der Waals surface area contributed by atoms with Gasteiger partial charge in [0.1, 0.15) is 6.61 Å². The topological polar surface area (TPSA) is 82.5 Å². The van der Waals surface area contributed by atoms with Gasteiger partial charge in [0.15, 0.2) is 0 Å². The average molecular weight is 458 g/mol. The molecule has 3 heterocycles. The number of morpholine rings is 2. The Kier molecular flexibility index (Phi) is 6.33. The summed E-state index contributed by atoms with van der Waals surface area (Å²) < 4.78 is 11.0. The van der Waals surface area contributed by atoms with Crippen LogP contribution in [0.1, 0.15) is 43.7 Å². The molecule has 3 saturated heterocycles. The molecule has 180 valence electrons. The first-order valence-corrected chi connectivity index (χ1v) is 12.3. The smallest absolute Gasteiger partial charge is 0.320 e. The lowest BCUT2D eigenvalue weighted by atomic mass is 9.65. The standard InChI is InChI=1S/C25H35N3O5/c29-22-17-33-14-12-26(22)19-25(31)10-11-27(18-24(25)8-4-5-9-24)23(30)28-13-15-32-16-21(28)20-6-2-1-3-7-20/h1-3,6-7,21,31H,4-5,8-19H2. The van der Waals surface area contributed by atoms with Gasteiger partial charge in [-0.3, -0.25) is 4.79 Å². The normalized spacial score (nSPS) is 30.2. The van der Waals surface area contributed by atoms with Crippen LogP contribution in [-0.4, -0.2) is 96.5 Å². The van der Waals surface area contributed by atoms with Gasteiger partial charge in [-0.25, -0.2) is 4.79 Å². The number of rotatable bonds is 3. The molecule has 3 amide bonds. The number of likely N-dealkylation sites (tertiary alicyclic amines) is 1. The minimum Gasteiger partial charge on any atom is -0.387 e. The number of nitrogens with zero attached hydrogens (tertiary/aromatic N) is 3. The van der Waals surface area contributed by atoms with Crippen molar-refractivity contribution >= 4 is 11.9 Å². The summed E-state index contributed by atoms with van der Waals surface area (Å²) in [6, 6.07) is 10.00. The average Bonchev–Trinajstić information content (AvgIpc) is 3.33. The van der Waals surface area contributed by atoms with E-state index >= 15 is 0 Å². The van der Waals surface area contributed by atoms with Crippen molar-refractivity contribution in [2.45, 2.75) is 43.7 Å². The maximum atomic E-state index is 13.8. The summed E-state index contributed by atoms with van der Waals surface area (Å²) in [6.45, 7) is 4.09. The Hall–Kier alpha value is -2.16. The summed E-state index contributed by atoms with van der Waals surface area (Å²) in [6.07, 6.45) is 4.36. The summed E-state index contributed by atoms with van der Waals surface area (Å²) in [5.74, 6) is -0.0552. The first kappa shape index (κ1) is 22.6.